The normalized spacial score (nSPS) is 23.5. The average Bonchev–Trinajstić information content (AvgIpc) is 2.95. The van der Waals surface area contributed by atoms with E-state index in [0.29, 0.717) is 0 Å². The van der Waals surface area contributed by atoms with Crippen LogP contribution >= 0.6 is 0 Å². The Balaban J connectivity index is 1.73. The molecule has 1 amide bonds. The van der Waals surface area contributed by atoms with E-state index in [-0.39, 0.29) is 11.9 Å². The van der Waals surface area contributed by atoms with Crippen molar-refractivity contribution >= 4 is 23.4 Å². The fraction of sp³-hybridized carbons (Fsp3) is 0.455. The van der Waals surface area contributed by atoms with E-state index in [4.69, 9.17) is 0 Å². The number of nitrogens with zero attached hydrogens (tertiary/aromatic N) is 3. The number of likely N-dealkylation sites (N-methyl/N-ethyl adjacent to an activating group) is 1. The number of rotatable bonds is 2. The van der Waals surface area contributed by atoms with Crippen LogP contribution in [0.5, 0.6) is 0 Å². The minimum Gasteiger partial charge on any atom is -0.341 e. The molecule has 136 valence electrons. The number of hydrogen-bond acceptors (Lipinski definition) is 3. The maximum atomic E-state index is 13.2. The zero-order valence-electron chi connectivity index (χ0n) is 16.0. The van der Waals surface area contributed by atoms with Crippen LogP contribution in [0.1, 0.15) is 57.1 Å². The minimum absolute atomic E-state index is 0.0723. The Bertz CT molecular complexity index is 828. The molecule has 1 aliphatic carbocycles. The van der Waals surface area contributed by atoms with Gasteiger partial charge in [0.05, 0.1) is 23.0 Å². The van der Waals surface area contributed by atoms with E-state index in [0.717, 1.165) is 36.4 Å². The fourth-order valence-electron chi connectivity index (χ4n) is 4.39. The van der Waals surface area contributed by atoms with Crippen LogP contribution in [0, 0.1) is 6.92 Å². The number of benzene rings is 1. The smallest absolute Gasteiger partial charge is 0.278 e. The molecule has 4 heteroatoms. The molecule has 1 saturated carbocycles. The van der Waals surface area contributed by atoms with Gasteiger partial charge in [-0.25, -0.2) is 5.01 Å². The summed E-state index contributed by atoms with van der Waals surface area (Å²) in [4.78, 5) is 15.5. The largest absolute Gasteiger partial charge is 0.341 e. The lowest BCUT2D eigenvalue weighted by atomic mass is 9.94. The summed E-state index contributed by atoms with van der Waals surface area (Å²) in [5.74, 6) is 0.0723. The van der Waals surface area contributed by atoms with Crippen molar-refractivity contribution in [2.45, 2.75) is 58.9 Å². The average molecular weight is 349 g/mol. The molecular formula is C22H27N3O. The molecule has 4 nitrogen and oxygen atoms in total. The van der Waals surface area contributed by atoms with Gasteiger partial charge in [-0.15, -0.1) is 0 Å². The van der Waals surface area contributed by atoms with E-state index in [9.17, 15) is 4.79 Å². The second kappa shape index (κ2) is 6.75. The first-order valence-electron chi connectivity index (χ1n) is 9.80. The van der Waals surface area contributed by atoms with Crippen molar-refractivity contribution in [1.29, 1.82) is 0 Å². The van der Waals surface area contributed by atoms with Gasteiger partial charge in [-0.1, -0.05) is 37.0 Å². The van der Waals surface area contributed by atoms with E-state index >= 15 is 0 Å². The highest BCUT2D eigenvalue weighted by Crippen LogP contribution is 2.36. The quantitative estimate of drug-likeness (QED) is 0.729. The SMILES string of the molecule is CCN1/C(=C2\C(=O)N(C3CCCCC3)N=C2C)C=Cc2cc(C)ccc21. The molecule has 1 aromatic carbocycles. The van der Waals surface area contributed by atoms with E-state index < -0.39 is 0 Å². The lowest BCUT2D eigenvalue weighted by Gasteiger charge is -2.31. The summed E-state index contributed by atoms with van der Waals surface area (Å²) in [7, 11) is 0. The third-order valence-electron chi connectivity index (χ3n) is 5.72. The monoisotopic (exact) mass is 349 g/mol. The van der Waals surface area contributed by atoms with E-state index in [1.54, 1.807) is 5.01 Å². The summed E-state index contributed by atoms with van der Waals surface area (Å²) in [5, 5.41) is 6.44. The van der Waals surface area contributed by atoms with Gasteiger partial charge in [0.2, 0.25) is 0 Å². The van der Waals surface area contributed by atoms with Gasteiger partial charge in [-0.2, -0.15) is 5.10 Å². The molecule has 0 N–H and O–H groups in total. The molecule has 0 saturated heterocycles. The Morgan fingerprint density at radius 3 is 2.62 bits per heavy atom. The molecule has 2 aliphatic heterocycles. The summed E-state index contributed by atoms with van der Waals surface area (Å²) in [6.45, 7) is 7.03. The number of fused-ring (bicyclic) bond motifs is 1. The summed E-state index contributed by atoms with van der Waals surface area (Å²) in [5.41, 5.74) is 6.21. The molecule has 2 heterocycles. The first-order valence-corrected chi connectivity index (χ1v) is 9.80. The first-order chi connectivity index (χ1) is 12.6. The molecule has 0 bridgehead atoms. The van der Waals surface area contributed by atoms with Gasteiger partial charge in [0.25, 0.3) is 5.91 Å². The Labute approximate surface area is 155 Å². The van der Waals surface area contributed by atoms with Gasteiger partial charge >= 0.3 is 0 Å². The Morgan fingerprint density at radius 1 is 1.12 bits per heavy atom. The van der Waals surface area contributed by atoms with Gasteiger partial charge in [-0.3, -0.25) is 4.79 Å². The molecule has 1 fully saturated rings. The molecular weight excluding hydrogens is 322 g/mol. The molecule has 0 radical (unpaired) electrons. The Kier molecular flexibility index (Phi) is 4.43. The maximum Gasteiger partial charge on any atom is 0.278 e. The molecule has 0 atom stereocenters. The van der Waals surface area contributed by atoms with E-state index in [1.165, 1.54) is 36.1 Å². The van der Waals surface area contributed by atoms with Gasteiger partial charge in [-0.05, 0) is 57.4 Å². The Morgan fingerprint density at radius 2 is 1.88 bits per heavy atom. The molecule has 26 heavy (non-hydrogen) atoms. The van der Waals surface area contributed by atoms with Gasteiger partial charge < -0.3 is 4.90 Å². The van der Waals surface area contributed by atoms with Crippen molar-refractivity contribution in [3.63, 3.8) is 0 Å². The highest BCUT2D eigenvalue weighted by Gasteiger charge is 2.36. The second-order valence-electron chi connectivity index (χ2n) is 7.53. The van der Waals surface area contributed by atoms with Crippen molar-refractivity contribution in [2.75, 3.05) is 11.4 Å². The molecule has 0 aromatic heterocycles. The third kappa shape index (κ3) is 2.77. The van der Waals surface area contributed by atoms with Crippen LogP contribution in [0.25, 0.3) is 6.08 Å². The zero-order valence-corrected chi connectivity index (χ0v) is 16.0. The van der Waals surface area contributed by atoms with Crippen LogP contribution in [0.15, 0.2) is 40.6 Å². The van der Waals surface area contributed by atoms with E-state index in [2.05, 4.69) is 54.2 Å². The zero-order chi connectivity index (χ0) is 18.3. The number of allylic oxidation sites excluding steroid dienone is 1. The second-order valence-corrected chi connectivity index (χ2v) is 7.53. The maximum absolute atomic E-state index is 13.2. The predicted octanol–water partition coefficient (Wildman–Crippen LogP) is 4.65. The van der Waals surface area contributed by atoms with Crippen molar-refractivity contribution in [3.05, 3.63) is 46.7 Å². The lowest BCUT2D eigenvalue weighted by Crippen LogP contribution is -2.36. The highest BCUT2D eigenvalue weighted by atomic mass is 16.2. The van der Waals surface area contributed by atoms with Gasteiger partial charge in [0.1, 0.15) is 0 Å². The standard InChI is InChI=1S/C22H27N3O/c1-4-24-19-12-10-15(2)14-17(19)11-13-20(24)21-16(3)23-25(22(21)26)18-8-6-5-7-9-18/h10-14,18H,4-9H2,1-3H3/b21-20-. The van der Waals surface area contributed by atoms with Crippen LogP contribution in [0.4, 0.5) is 5.69 Å². The topological polar surface area (TPSA) is 35.9 Å². The number of amides is 1. The highest BCUT2D eigenvalue weighted by molar-refractivity contribution is 6.25. The van der Waals surface area contributed by atoms with Crippen molar-refractivity contribution in [3.8, 4) is 0 Å². The summed E-state index contributed by atoms with van der Waals surface area (Å²) in [6, 6.07) is 6.75. The molecule has 3 aliphatic rings. The number of anilines is 1. The molecule has 1 aromatic rings. The number of carbonyl (C=O) groups is 1. The summed E-state index contributed by atoms with van der Waals surface area (Å²) >= 11 is 0. The molecule has 0 unspecified atom stereocenters. The summed E-state index contributed by atoms with van der Waals surface area (Å²) < 4.78 is 0. The number of hydrogen-bond donors (Lipinski definition) is 0. The minimum atomic E-state index is 0.0723. The molecule has 4 rings (SSSR count). The van der Waals surface area contributed by atoms with Crippen LogP contribution in [0.3, 0.4) is 0 Å². The van der Waals surface area contributed by atoms with Crippen LogP contribution in [-0.2, 0) is 4.79 Å². The summed E-state index contributed by atoms with van der Waals surface area (Å²) in [6.07, 6.45) is 10.0. The number of carbonyl (C=O) groups excluding carboxylic acids is 1. The number of hydrazone groups is 1. The van der Waals surface area contributed by atoms with Crippen molar-refractivity contribution in [2.24, 2.45) is 5.10 Å². The number of aryl methyl sites for hydroxylation is 1. The van der Waals surface area contributed by atoms with E-state index in [1.807, 2.05) is 6.92 Å². The van der Waals surface area contributed by atoms with Crippen molar-refractivity contribution in [1.82, 2.24) is 5.01 Å². The van der Waals surface area contributed by atoms with Crippen LogP contribution in [-0.4, -0.2) is 29.2 Å². The lowest BCUT2D eigenvalue weighted by molar-refractivity contribution is -0.128. The van der Waals surface area contributed by atoms with Gasteiger partial charge in [0, 0.05) is 12.2 Å². The Hall–Kier alpha value is -2.36. The molecule has 0 spiro atoms. The van der Waals surface area contributed by atoms with Crippen molar-refractivity contribution < 1.29 is 4.79 Å². The fourth-order valence-corrected chi connectivity index (χ4v) is 4.39. The van der Waals surface area contributed by atoms with Crippen LogP contribution in [0.2, 0.25) is 0 Å². The first kappa shape index (κ1) is 17.1. The predicted molar refractivity (Wildman–Crippen MR) is 107 cm³/mol. The van der Waals surface area contributed by atoms with Gasteiger partial charge in [0.15, 0.2) is 0 Å². The van der Waals surface area contributed by atoms with Crippen LogP contribution < -0.4 is 4.90 Å². The third-order valence-corrected chi connectivity index (χ3v) is 5.72.